The highest BCUT2D eigenvalue weighted by atomic mass is 16.5. The molecule has 0 saturated heterocycles. The largest absolute Gasteiger partial charge is 0.473 e. The van der Waals surface area contributed by atoms with Gasteiger partial charge in [0.2, 0.25) is 11.7 Å². The Balaban J connectivity index is 2.06. The van der Waals surface area contributed by atoms with Crippen molar-refractivity contribution in [2.24, 2.45) is 0 Å². The van der Waals surface area contributed by atoms with Crippen molar-refractivity contribution in [3.05, 3.63) is 59.8 Å². The lowest BCUT2D eigenvalue weighted by Gasteiger charge is -2.05. The number of hydrogen-bond donors (Lipinski definition) is 0. The highest BCUT2D eigenvalue weighted by Gasteiger charge is 2.06. The predicted octanol–water partition coefficient (Wildman–Crippen LogP) is 2.04. The van der Waals surface area contributed by atoms with Crippen molar-refractivity contribution in [2.45, 2.75) is 6.61 Å². The maximum atomic E-state index is 11.2. The standard InChI is InChI=1S/C14H11NO3/c16-9-13(17)12-7-4-8-14(15-12)18-10-11-5-2-1-3-6-11/h1-9H,10H2. The fraction of sp³-hybridized carbons (Fsp3) is 0.0714. The fourth-order valence-corrected chi connectivity index (χ4v) is 1.42. The summed E-state index contributed by atoms with van der Waals surface area (Å²) in [4.78, 5) is 25.5. The molecule has 0 aliphatic rings. The minimum absolute atomic E-state index is 0.0931. The molecule has 18 heavy (non-hydrogen) atoms. The zero-order valence-corrected chi connectivity index (χ0v) is 9.58. The smallest absolute Gasteiger partial charge is 0.243 e. The van der Waals surface area contributed by atoms with Crippen LogP contribution in [0.2, 0.25) is 0 Å². The molecule has 4 heteroatoms. The Bertz CT molecular complexity index is 552. The molecule has 0 amide bonds. The Morgan fingerprint density at radius 3 is 2.61 bits per heavy atom. The highest BCUT2D eigenvalue weighted by Crippen LogP contribution is 2.10. The second-order valence-electron chi connectivity index (χ2n) is 3.62. The van der Waals surface area contributed by atoms with Gasteiger partial charge in [-0.15, -0.1) is 0 Å². The molecular formula is C14H11NO3. The Morgan fingerprint density at radius 1 is 1.11 bits per heavy atom. The Labute approximate surface area is 104 Å². The van der Waals surface area contributed by atoms with Gasteiger partial charge < -0.3 is 4.74 Å². The van der Waals surface area contributed by atoms with E-state index in [9.17, 15) is 9.59 Å². The van der Waals surface area contributed by atoms with Crippen molar-refractivity contribution in [3.63, 3.8) is 0 Å². The van der Waals surface area contributed by atoms with Crippen LogP contribution in [0.25, 0.3) is 0 Å². The number of benzene rings is 1. The SMILES string of the molecule is O=CC(=O)c1cccc(OCc2ccccc2)n1. The first-order valence-electron chi connectivity index (χ1n) is 5.43. The number of ether oxygens (including phenoxy) is 1. The maximum absolute atomic E-state index is 11.2. The van der Waals surface area contributed by atoms with Gasteiger partial charge in [0.05, 0.1) is 0 Å². The topological polar surface area (TPSA) is 56.3 Å². The molecule has 1 aromatic heterocycles. The van der Waals surface area contributed by atoms with Crippen LogP contribution in [-0.2, 0) is 11.4 Å². The monoisotopic (exact) mass is 241 g/mol. The molecule has 1 heterocycles. The van der Waals surface area contributed by atoms with Crippen LogP contribution < -0.4 is 4.74 Å². The molecule has 90 valence electrons. The van der Waals surface area contributed by atoms with Crippen molar-refractivity contribution in [3.8, 4) is 5.88 Å². The number of rotatable bonds is 5. The van der Waals surface area contributed by atoms with Gasteiger partial charge in [-0.3, -0.25) is 9.59 Å². The van der Waals surface area contributed by atoms with Crippen LogP contribution in [0.4, 0.5) is 0 Å². The summed E-state index contributed by atoms with van der Waals surface area (Å²) in [5, 5.41) is 0. The summed E-state index contributed by atoms with van der Waals surface area (Å²) in [7, 11) is 0. The minimum atomic E-state index is -0.653. The number of Topliss-reactive ketones (excluding diaryl/α,β-unsaturated/α-hetero) is 1. The van der Waals surface area contributed by atoms with Crippen molar-refractivity contribution < 1.29 is 14.3 Å². The third kappa shape index (κ3) is 3.01. The Morgan fingerprint density at radius 2 is 1.89 bits per heavy atom. The number of pyridine rings is 1. The first kappa shape index (κ1) is 12.0. The zero-order valence-electron chi connectivity index (χ0n) is 9.58. The van der Waals surface area contributed by atoms with Gasteiger partial charge in [-0.05, 0) is 11.6 Å². The molecule has 0 aliphatic heterocycles. The Hall–Kier alpha value is -2.49. The van der Waals surface area contributed by atoms with Crippen LogP contribution >= 0.6 is 0 Å². The number of carbonyl (C=O) groups is 2. The lowest BCUT2D eigenvalue weighted by molar-refractivity contribution is -0.104. The first-order chi connectivity index (χ1) is 8.79. The fourth-order valence-electron chi connectivity index (χ4n) is 1.42. The number of nitrogens with zero attached hydrogens (tertiary/aromatic N) is 1. The normalized spacial score (nSPS) is 9.78. The number of ketones is 1. The zero-order chi connectivity index (χ0) is 12.8. The van der Waals surface area contributed by atoms with Gasteiger partial charge in [-0.25, -0.2) is 4.98 Å². The average Bonchev–Trinajstić information content (AvgIpc) is 2.45. The second-order valence-corrected chi connectivity index (χ2v) is 3.62. The summed E-state index contributed by atoms with van der Waals surface area (Å²) in [6.07, 6.45) is 0.239. The van der Waals surface area contributed by atoms with E-state index in [1.54, 1.807) is 12.1 Å². The second kappa shape index (κ2) is 5.72. The lowest BCUT2D eigenvalue weighted by atomic mass is 10.2. The van der Waals surface area contributed by atoms with Crippen molar-refractivity contribution in [2.75, 3.05) is 0 Å². The lowest BCUT2D eigenvalue weighted by Crippen LogP contribution is -2.05. The molecule has 0 radical (unpaired) electrons. The summed E-state index contributed by atoms with van der Waals surface area (Å²) in [5.41, 5.74) is 1.10. The molecule has 0 aliphatic carbocycles. The van der Waals surface area contributed by atoms with Crippen LogP contribution in [0.3, 0.4) is 0 Å². The summed E-state index contributed by atoms with van der Waals surface area (Å²) in [5.74, 6) is -0.327. The van der Waals surface area contributed by atoms with E-state index in [0.717, 1.165) is 5.56 Å². The third-order valence-corrected chi connectivity index (χ3v) is 2.31. The van der Waals surface area contributed by atoms with Gasteiger partial charge in [0.1, 0.15) is 12.3 Å². The molecule has 0 fully saturated rings. The van der Waals surface area contributed by atoms with Crippen LogP contribution in [0.5, 0.6) is 5.88 Å². The maximum Gasteiger partial charge on any atom is 0.243 e. The molecular weight excluding hydrogens is 230 g/mol. The van der Waals surface area contributed by atoms with Gasteiger partial charge in [0.25, 0.3) is 0 Å². The van der Waals surface area contributed by atoms with E-state index < -0.39 is 5.78 Å². The van der Waals surface area contributed by atoms with Gasteiger partial charge in [0, 0.05) is 6.07 Å². The summed E-state index contributed by atoms with van der Waals surface area (Å²) < 4.78 is 5.45. The number of aldehydes is 1. The minimum Gasteiger partial charge on any atom is -0.473 e. The number of aromatic nitrogens is 1. The molecule has 0 N–H and O–H groups in total. The van der Waals surface area contributed by atoms with Gasteiger partial charge in [0.15, 0.2) is 6.29 Å². The van der Waals surface area contributed by atoms with Gasteiger partial charge in [-0.1, -0.05) is 36.4 Å². The number of hydrogen-bond acceptors (Lipinski definition) is 4. The van der Waals surface area contributed by atoms with Crippen LogP contribution in [-0.4, -0.2) is 17.1 Å². The molecule has 0 unspecified atom stereocenters. The third-order valence-electron chi connectivity index (χ3n) is 2.31. The molecule has 0 spiro atoms. The molecule has 1 aromatic carbocycles. The van der Waals surface area contributed by atoms with E-state index in [2.05, 4.69) is 4.98 Å². The molecule has 4 nitrogen and oxygen atoms in total. The van der Waals surface area contributed by atoms with E-state index >= 15 is 0 Å². The van der Waals surface area contributed by atoms with Crippen molar-refractivity contribution in [1.82, 2.24) is 4.98 Å². The molecule has 0 atom stereocenters. The van der Waals surface area contributed by atoms with Crippen LogP contribution in [0.15, 0.2) is 48.5 Å². The van der Waals surface area contributed by atoms with Gasteiger partial charge in [-0.2, -0.15) is 0 Å². The van der Waals surface area contributed by atoms with E-state index in [-0.39, 0.29) is 12.0 Å². The quantitative estimate of drug-likeness (QED) is 0.456. The van der Waals surface area contributed by atoms with E-state index in [1.165, 1.54) is 6.07 Å². The molecule has 2 aromatic rings. The molecule has 0 bridgehead atoms. The number of carbonyl (C=O) groups excluding carboxylic acids is 2. The van der Waals surface area contributed by atoms with E-state index in [1.807, 2.05) is 30.3 Å². The predicted molar refractivity (Wildman–Crippen MR) is 65.4 cm³/mol. The summed E-state index contributed by atoms with van der Waals surface area (Å²) in [6, 6.07) is 14.4. The van der Waals surface area contributed by atoms with Gasteiger partial charge >= 0.3 is 0 Å². The van der Waals surface area contributed by atoms with Crippen molar-refractivity contribution >= 4 is 12.1 Å². The summed E-state index contributed by atoms with van der Waals surface area (Å²) in [6.45, 7) is 0.368. The van der Waals surface area contributed by atoms with Crippen LogP contribution in [0, 0.1) is 0 Å². The van der Waals surface area contributed by atoms with Crippen LogP contribution in [0.1, 0.15) is 16.1 Å². The summed E-state index contributed by atoms with van der Waals surface area (Å²) >= 11 is 0. The van der Waals surface area contributed by atoms with E-state index in [0.29, 0.717) is 12.5 Å². The average molecular weight is 241 g/mol. The van der Waals surface area contributed by atoms with E-state index in [4.69, 9.17) is 4.74 Å². The molecule has 0 saturated carbocycles. The Kier molecular flexibility index (Phi) is 3.81. The molecule has 2 rings (SSSR count). The van der Waals surface area contributed by atoms with Crippen molar-refractivity contribution in [1.29, 1.82) is 0 Å². The first-order valence-corrected chi connectivity index (χ1v) is 5.43. The highest BCUT2D eigenvalue weighted by molar-refractivity contribution is 6.32.